The molecule has 4 heteroatoms. The summed E-state index contributed by atoms with van der Waals surface area (Å²) < 4.78 is 0. The molecule has 2 aromatic carbocycles. The zero-order valence-corrected chi connectivity index (χ0v) is 15.6. The van der Waals surface area contributed by atoms with Crippen LogP contribution in [0.15, 0.2) is 85.1 Å². The van der Waals surface area contributed by atoms with Crippen LogP contribution < -0.4 is 5.32 Å². The highest BCUT2D eigenvalue weighted by molar-refractivity contribution is 5.87. The molecule has 142 valence electrons. The smallest absolute Gasteiger partial charge is 0.232 e. The van der Waals surface area contributed by atoms with E-state index >= 15 is 0 Å². The molecule has 0 spiro atoms. The molecule has 1 aliphatic carbocycles. The molecule has 2 N–H and O–H groups in total. The van der Waals surface area contributed by atoms with Crippen molar-refractivity contribution in [1.82, 2.24) is 10.3 Å². The molecule has 1 amide bonds. The van der Waals surface area contributed by atoms with E-state index in [9.17, 15) is 9.90 Å². The number of amides is 1. The second-order valence-corrected chi connectivity index (χ2v) is 7.38. The van der Waals surface area contributed by atoms with E-state index in [-0.39, 0.29) is 24.0 Å². The fourth-order valence-electron chi connectivity index (χ4n) is 3.92. The van der Waals surface area contributed by atoms with Gasteiger partial charge in [-0.3, -0.25) is 9.78 Å². The van der Waals surface area contributed by atoms with Gasteiger partial charge in [0.2, 0.25) is 5.91 Å². The fourth-order valence-corrected chi connectivity index (χ4v) is 3.92. The topological polar surface area (TPSA) is 62.2 Å². The van der Waals surface area contributed by atoms with Crippen molar-refractivity contribution < 1.29 is 9.90 Å². The Morgan fingerprint density at radius 3 is 1.96 bits per heavy atom. The van der Waals surface area contributed by atoms with Crippen LogP contribution in [0.3, 0.4) is 0 Å². The number of aromatic nitrogens is 1. The van der Waals surface area contributed by atoms with Crippen molar-refractivity contribution in [2.45, 2.75) is 30.9 Å². The molecular weight excluding hydrogens is 348 g/mol. The molecule has 1 aliphatic rings. The van der Waals surface area contributed by atoms with Crippen molar-refractivity contribution in [1.29, 1.82) is 0 Å². The number of rotatable bonds is 6. The summed E-state index contributed by atoms with van der Waals surface area (Å²) in [6.07, 6.45) is 2.83. The monoisotopic (exact) mass is 372 g/mol. The lowest BCUT2D eigenvalue weighted by atomic mass is 9.75. The predicted molar refractivity (Wildman–Crippen MR) is 109 cm³/mol. The minimum atomic E-state index is -0.390. The van der Waals surface area contributed by atoms with Crippen LogP contribution in [0.4, 0.5) is 0 Å². The summed E-state index contributed by atoms with van der Waals surface area (Å²) in [7, 11) is 0. The first-order valence-corrected chi connectivity index (χ1v) is 9.71. The first-order valence-electron chi connectivity index (χ1n) is 9.71. The number of nitrogens with zero attached hydrogens (tertiary/aromatic N) is 1. The Kier molecular flexibility index (Phi) is 5.49. The van der Waals surface area contributed by atoms with Crippen LogP contribution in [0.5, 0.6) is 0 Å². The zero-order valence-electron chi connectivity index (χ0n) is 15.6. The molecule has 4 nitrogen and oxygen atoms in total. The number of hydrogen-bond donors (Lipinski definition) is 2. The van der Waals surface area contributed by atoms with E-state index < -0.39 is 5.92 Å². The Morgan fingerprint density at radius 1 is 0.893 bits per heavy atom. The van der Waals surface area contributed by atoms with Crippen molar-refractivity contribution >= 4 is 5.91 Å². The summed E-state index contributed by atoms with van der Waals surface area (Å²) in [6.45, 7) is 0. The number of hydrogen-bond acceptors (Lipinski definition) is 3. The Balaban J connectivity index is 1.64. The molecule has 1 fully saturated rings. The second kappa shape index (κ2) is 8.36. The number of aliphatic hydroxyl groups excluding tert-OH is 1. The number of nitrogens with one attached hydrogen (secondary N) is 1. The molecule has 0 saturated heterocycles. The van der Waals surface area contributed by atoms with Crippen LogP contribution in [0.25, 0.3) is 0 Å². The number of carbonyl (C=O) groups is 1. The Morgan fingerprint density at radius 2 is 1.46 bits per heavy atom. The molecule has 1 unspecified atom stereocenters. The molecule has 1 saturated carbocycles. The lowest BCUT2D eigenvalue weighted by Crippen LogP contribution is -2.43. The third-order valence-corrected chi connectivity index (χ3v) is 5.45. The average Bonchev–Trinajstić information content (AvgIpc) is 2.72. The van der Waals surface area contributed by atoms with Crippen LogP contribution in [0.1, 0.15) is 41.6 Å². The third-order valence-electron chi connectivity index (χ3n) is 5.45. The Labute approximate surface area is 165 Å². The lowest BCUT2D eigenvalue weighted by Gasteiger charge is -2.38. The van der Waals surface area contributed by atoms with Gasteiger partial charge < -0.3 is 10.4 Å². The van der Waals surface area contributed by atoms with Crippen molar-refractivity contribution in [2.24, 2.45) is 5.92 Å². The number of benzene rings is 2. The van der Waals surface area contributed by atoms with Crippen molar-refractivity contribution in [2.75, 3.05) is 0 Å². The van der Waals surface area contributed by atoms with Crippen LogP contribution in [-0.2, 0) is 4.79 Å². The average molecular weight is 372 g/mol. The number of aliphatic hydroxyl groups is 1. The highest BCUT2D eigenvalue weighted by Crippen LogP contribution is 2.38. The van der Waals surface area contributed by atoms with E-state index in [1.54, 1.807) is 6.20 Å². The van der Waals surface area contributed by atoms with Gasteiger partial charge in [0.05, 0.1) is 23.8 Å². The molecule has 0 bridgehead atoms. The number of pyridine rings is 1. The summed E-state index contributed by atoms with van der Waals surface area (Å²) in [5.74, 6) is -0.242. The van der Waals surface area contributed by atoms with Crippen molar-refractivity contribution in [3.8, 4) is 0 Å². The van der Waals surface area contributed by atoms with Crippen LogP contribution in [0, 0.1) is 5.92 Å². The van der Waals surface area contributed by atoms with Crippen LogP contribution >= 0.6 is 0 Å². The summed E-state index contributed by atoms with van der Waals surface area (Å²) in [4.78, 5) is 17.9. The molecule has 4 rings (SSSR count). The van der Waals surface area contributed by atoms with Gasteiger partial charge in [-0.05, 0) is 42.0 Å². The van der Waals surface area contributed by atoms with Gasteiger partial charge in [-0.15, -0.1) is 0 Å². The third kappa shape index (κ3) is 3.97. The standard InChI is InChI=1S/C24H24N2O2/c27-20-15-19(16-20)23(21-13-7-8-14-25-21)26-24(28)22(17-9-3-1-4-10-17)18-11-5-2-6-12-18/h1-14,19-20,22-23,27H,15-16H2,(H,26,28). The van der Waals surface area contributed by atoms with Gasteiger partial charge >= 0.3 is 0 Å². The molecule has 28 heavy (non-hydrogen) atoms. The highest BCUT2D eigenvalue weighted by Gasteiger charge is 2.37. The molecule has 0 aliphatic heterocycles. The second-order valence-electron chi connectivity index (χ2n) is 7.38. The summed E-state index contributed by atoms with van der Waals surface area (Å²) in [5.41, 5.74) is 2.76. The van der Waals surface area contributed by atoms with Crippen molar-refractivity contribution in [3.05, 3.63) is 102 Å². The van der Waals surface area contributed by atoms with Gasteiger partial charge in [-0.2, -0.15) is 0 Å². The van der Waals surface area contributed by atoms with E-state index in [4.69, 9.17) is 0 Å². The van der Waals surface area contributed by atoms with Gasteiger partial charge in [0.25, 0.3) is 0 Å². The summed E-state index contributed by atoms with van der Waals surface area (Å²) in [6, 6.07) is 25.2. The van der Waals surface area contributed by atoms with Gasteiger partial charge in [-0.1, -0.05) is 66.7 Å². The maximum Gasteiger partial charge on any atom is 0.232 e. The molecule has 0 radical (unpaired) electrons. The summed E-state index contributed by atoms with van der Waals surface area (Å²) >= 11 is 0. The molecule has 3 aromatic rings. The maximum atomic E-state index is 13.5. The highest BCUT2D eigenvalue weighted by atomic mass is 16.3. The SMILES string of the molecule is O=C(NC(c1ccccn1)C1CC(O)C1)C(c1ccccc1)c1ccccc1. The molecule has 1 heterocycles. The Bertz CT molecular complexity index is 854. The van der Waals surface area contributed by atoms with Gasteiger partial charge in [0.1, 0.15) is 0 Å². The minimum absolute atomic E-state index is 0.0468. The van der Waals surface area contributed by atoms with Crippen molar-refractivity contribution in [3.63, 3.8) is 0 Å². The molecule has 1 aromatic heterocycles. The predicted octanol–water partition coefficient (Wildman–Crippen LogP) is 3.84. The van der Waals surface area contributed by atoms with E-state index in [1.807, 2.05) is 78.9 Å². The zero-order chi connectivity index (χ0) is 19.3. The van der Waals surface area contributed by atoms with Crippen LogP contribution in [0.2, 0.25) is 0 Å². The van der Waals surface area contributed by atoms with E-state index in [1.165, 1.54) is 0 Å². The lowest BCUT2D eigenvalue weighted by molar-refractivity contribution is -0.123. The minimum Gasteiger partial charge on any atom is -0.393 e. The summed E-state index contributed by atoms with van der Waals surface area (Å²) in [5, 5.41) is 13.0. The first-order chi connectivity index (χ1) is 13.7. The normalized spacial score (nSPS) is 19.6. The van der Waals surface area contributed by atoms with Crippen LogP contribution in [-0.4, -0.2) is 22.1 Å². The van der Waals surface area contributed by atoms with E-state index in [0.29, 0.717) is 12.8 Å². The molecular formula is C24H24N2O2. The van der Waals surface area contributed by atoms with Gasteiger partial charge in [0.15, 0.2) is 0 Å². The van der Waals surface area contributed by atoms with E-state index in [2.05, 4.69) is 10.3 Å². The molecule has 1 atom stereocenters. The maximum absolute atomic E-state index is 13.5. The largest absolute Gasteiger partial charge is 0.393 e. The van der Waals surface area contributed by atoms with Gasteiger partial charge in [0, 0.05) is 6.20 Å². The Hall–Kier alpha value is -2.98. The number of carbonyl (C=O) groups excluding carboxylic acids is 1. The van der Waals surface area contributed by atoms with Gasteiger partial charge in [-0.25, -0.2) is 0 Å². The fraction of sp³-hybridized carbons (Fsp3) is 0.250. The quantitative estimate of drug-likeness (QED) is 0.691. The van der Waals surface area contributed by atoms with E-state index in [0.717, 1.165) is 16.8 Å². The first kappa shape index (κ1) is 18.4.